The standard InChI is InChI=1S/C22H30FN5O5/c1-22(2,3)9-10-25-19(30)18-17(23)15(32-4)11-27(18)16(29)12-28-14-8-6-5-7-13(14)20(26-28)33-21(24)31/h5-8,15,17-18H,9-12H2,1-4H3,(H2,24,31)(H,25,30)/t15-,17+,18+/m1/s1. The van der Waals surface area contributed by atoms with Crippen LogP contribution in [-0.2, 0) is 20.9 Å². The molecule has 3 atom stereocenters. The Morgan fingerprint density at radius 2 is 1.97 bits per heavy atom. The molecule has 3 amide bonds. The molecule has 0 spiro atoms. The molecule has 0 radical (unpaired) electrons. The van der Waals surface area contributed by atoms with Gasteiger partial charge in [-0.1, -0.05) is 32.9 Å². The van der Waals surface area contributed by atoms with Crippen LogP contribution in [0.5, 0.6) is 5.88 Å². The van der Waals surface area contributed by atoms with E-state index >= 15 is 4.39 Å². The van der Waals surface area contributed by atoms with E-state index in [2.05, 4.69) is 10.4 Å². The molecule has 0 aliphatic carbocycles. The van der Waals surface area contributed by atoms with Gasteiger partial charge in [-0.05, 0) is 24.0 Å². The summed E-state index contributed by atoms with van der Waals surface area (Å²) in [5.74, 6) is -1.13. The van der Waals surface area contributed by atoms with Crippen LogP contribution < -0.4 is 15.8 Å². The molecular formula is C22H30FN5O5. The molecule has 0 bridgehead atoms. The zero-order valence-corrected chi connectivity index (χ0v) is 19.2. The van der Waals surface area contributed by atoms with Gasteiger partial charge in [-0.15, -0.1) is 5.10 Å². The molecule has 11 heteroatoms. The van der Waals surface area contributed by atoms with E-state index in [-0.39, 0.29) is 24.4 Å². The van der Waals surface area contributed by atoms with E-state index in [0.29, 0.717) is 23.9 Å². The van der Waals surface area contributed by atoms with Gasteiger partial charge in [-0.3, -0.25) is 14.3 Å². The third-order valence-corrected chi connectivity index (χ3v) is 5.54. The number of primary amides is 1. The summed E-state index contributed by atoms with van der Waals surface area (Å²) in [5, 5.41) is 7.39. The van der Waals surface area contributed by atoms with Gasteiger partial charge in [-0.2, -0.15) is 0 Å². The number of rotatable bonds is 7. The van der Waals surface area contributed by atoms with Crippen LogP contribution in [0.15, 0.2) is 24.3 Å². The lowest BCUT2D eigenvalue weighted by Gasteiger charge is -2.25. The molecule has 2 aromatic rings. The van der Waals surface area contributed by atoms with E-state index in [0.717, 1.165) is 0 Å². The fraction of sp³-hybridized carbons (Fsp3) is 0.545. The molecule has 180 valence electrons. The summed E-state index contributed by atoms with van der Waals surface area (Å²) in [7, 11) is 1.34. The Morgan fingerprint density at radius 3 is 2.61 bits per heavy atom. The van der Waals surface area contributed by atoms with Crippen molar-refractivity contribution in [2.75, 3.05) is 20.2 Å². The number of benzene rings is 1. The Kier molecular flexibility index (Phi) is 7.21. The average molecular weight is 464 g/mol. The molecule has 0 saturated carbocycles. The van der Waals surface area contributed by atoms with Gasteiger partial charge in [-0.25, -0.2) is 9.18 Å². The first-order valence-corrected chi connectivity index (χ1v) is 10.7. The highest BCUT2D eigenvalue weighted by molar-refractivity contribution is 5.91. The number of hydrogen-bond acceptors (Lipinski definition) is 6. The largest absolute Gasteiger partial charge is 0.411 e. The van der Waals surface area contributed by atoms with Crippen molar-refractivity contribution in [1.82, 2.24) is 20.0 Å². The van der Waals surface area contributed by atoms with Gasteiger partial charge < -0.3 is 25.4 Å². The second-order valence-electron chi connectivity index (χ2n) is 9.21. The van der Waals surface area contributed by atoms with Crippen molar-refractivity contribution in [3.05, 3.63) is 24.3 Å². The summed E-state index contributed by atoms with van der Waals surface area (Å²) in [6.45, 7) is 6.11. The quantitative estimate of drug-likeness (QED) is 0.642. The monoisotopic (exact) mass is 463 g/mol. The highest BCUT2D eigenvalue weighted by Crippen LogP contribution is 2.27. The summed E-state index contributed by atoms with van der Waals surface area (Å²) in [6, 6.07) is 5.50. The van der Waals surface area contributed by atoms with Crippen LogP contribution in [-0.4, -0.2) is 71.1 Å². The summed E-state index contributed by atoms with van der Waals surface area (Å²) in [4.78, 5) is 38.4. The fourth-order valence-electron chi connectivity index (χ4n) is 3.80. The molecule has 33 heavy (non-hydrogen) atoms. The molecule has 1 aliphatic rings. The number of aromatic nitrogens is 2. The first kappa shape index (κ1) is 24.4. The summed E-state index contributed by atoms with van der Waals surface area (Å²) in [5.41, 5.74) is 5.62. The highest BCUT2D eigenvalue weighted by atomic mass is 19.1. The van der Waals surface area contributed by atoms with Gasteiger partial charge in [0, 0.05) is 13.7 Å². The van der Waals surface area contributed by atoms with Crippen LogP contribution in [0.2, 0.25) is 0 Å². The number of hydrogen-bond donors (Lipinski definition) is 2. The van der Waals surface area contributed by atoms with Gasteiger partial charge in [0.2, 0.25) is 11.8 Å². The van der Waals surface area contributed by atoms with Crippen molar-refractivity contribution >= 4 is 28.8 Å². The molecule has 0 unspecified atom stereocenters. The minimum atomic E-state index is -1.67. The highest BCUT2D eigenvalue weighted by Gasteiger charge is 2.48. The number of likely N-dealkylation sites (tertiary alicyclic amines) is 1. The Hall–Kier alpha value is -3.21. The van der Waals surface area contributed by atoms with Crippen molar-refractivity contribution in [2.24, 2.45) is 11.1 Å². The predicted octanol–water partition coefficient (Wildman–Crippen LogP) is 1.61. The van der Waals surface area contributed by atoms with E-state index in [9.17, 15) is 14.4 Å². The Balaban J connectivity index is 1.81. The maximum Gasteiger partial charge on any atom is 0.411 e. The van der Waals surface area contributed by atoms with Crippen LogP contribution >= 0.6 is 0 Å². The summed E-state index contributed by atoms with van der Waals surface area (Å²) < 4.78 is 26.5. The van der Waals surface area contributed by atoms with Gasteiger partial charge >= 0.3 is 6.09 Å². The van der Waals surface area contributed by atoms with Crippen molar-refractivity contribution in [1.29, 1.82) is 0 Å². The lowest BCUT2D eigenvalue weighted by atomic mass is 9.92. The number of fused-ring (bicyclic) bond motifs is 1. The molecule has 3 N–H and O–H groups in total. The van der Waals surface area contributed by atoms with Crippen molar-refractivity contribution in [2.45, 2.75) is 52.1 Å². The number of carbonyl (C=O) groups excluding carboxylic acids is 3. The van der Waals surface area contributed by atoms with Crippen LogP contribution in [0, 0.1) is 5.41 Å². The molecule has 1 fully saturated rings. The smallest absolute Gasteiger partial charge is 0.389 e. The predicted molar refractivity (Wildman–Crippen MR) is 118 cm³/mol. The zero-order chi connectivity index (χ0) is 24.3. The molecule has 1 saturated heterocycles. The third kappa shape index (κ3) is 5.59. The maximum absolute atomic E-state index is 15.0. The number of para-hydroxylation sites is 1. The Bertz CT molecular complexity index is 1030. The van der Waals surface area contributed by atoms with Crippen molar-refractivity contribution < 1.29 is 28.2 Å². The first-order chi connectivity index (χ1) is 15.5. The number of halogens is 1. The number of ether oxygens (including phenoxy) is 2. The van der Waals surface area contributed by atoms with Crippen LogP contribution in [0.4, 0.5) is 9.18 Å². The average Bonchev–Trinajstić information content (AvgIpc) is 3.24. The van der Waals surface area contributed by atoms with E-state index in [1.165, 1.54) is 16.7 Å². The van der Waals surface area contributed by atoms with E-state index < -0.39 is 36.2 Å². The van der Waals surface area contributed by atoms with E-state index in [1.54, 1.807) is 24.3 Å². The molecule has 1 aliphatic heterocycles. The summed E-state index contributed by atoms with van der Waals surface area (Å²) in [6.07, 6.45) is -2.93. The van der Waals surface area contributed by atoms with Crippen LogP contribution in [0.3, 0.4) is 0 Å². The SMILES string of the molecule is CO[C@@H]1CN(C(=O)Cn2nc(OC(N)=O)c3ccccc32)[C@H](C(=O)NCCC(C)(C)C)[C@H]1F. The minimum Gasteiger partial charge on any atom is -0.389 e. The van der Waals surface area contributed by atoms with Gasteiger partial charge in [0.25, 0.3) is 5.88 Å². The molecule has 1 aromatic carbocycles. The van der Waals surface area contributed by atoms with E-state index in [1.807, 2.05) is 20.8 Å². The number of methoxy groups -OCH3 is 1. The van der Waals surface area contributed by atoms with Crippen LogP contribution in [0.1, 0.15) is 27.2 Å². The number of amides is 3. The normalized spacial score (nSPS) is 20.8. The fourth-order valence-corrected chi connectivity index (χ4v) is 3.80. The van der Waals surface area contributed by atoms with E-state index in [4.69, 9.17) is 15.2 Å². The number of carbonyl (C=O) groups is 3. The van der Waals surface area contributed by atoms with Crippen LogP contribution in [0.25, 0.3) is 10.9 Å². The number of nitrogens with one attached hydrogen (secondary N) is 1. The molecule has 10 nitrogen and oxygen atoms in total. The number of nitrogens with zero attached hydrogens (tertiary/aromatic N) is 3. The number of nitrogens with two attached hydrogens (primary N) is 1. The summed E-state index contributed by atoms with van der Waals surface area (Å²) >= 11 is 0. The lowest BCUT2D eigenvalue weighted by Crippen LogP contribution is -2.50. The maximum atomic E-state index is 15.0. The molecule has 3 rings (SSSR count). The third-order valence-electron chi connectivity index (χ3n) is 5.54. The van der Waals surface area contributed by atoms with Gasteiger partial charge in [0.05, 0.1) is 17.4 Å². The number of alkyl halides is 1. The minimum absolute atomic E-state index is 0.00547. The van der Waals surface area contributed by atoms with Gasteiger partial charge in [0.15, 0.2) is 6.17 Å². The second-order valence-corrected chi connectivity index (χ2v) is 9.21. The molecule has 2 heterocycles. The topological polar surface area (TPSA) is 129 Å². The first-order valence-electron chi connectivity index (χ1n) is 10.7. The molecule has 1 aromatic heterocycles. The Labute approximate surface area is 191 Å². The second kappa shape index (κ2) is 9.74. The molecular weight excluding hydrogens is 433 g/mol. The Morgan fingerprint density at radius 1 is 1.27 bits per heavy atom. The lowest BCUT2D eigenvalue weighted by molar-refractivity contribution is -0.140. The van der Waals surface area contributed by atoms with Gasteiger partial charge in [0.1, 0.15) is 18.7 Å². The van der Waals surface area contributed by atoms with Crippen molar-refractivity contribution in [3.8, 4) is 5.88 Å². The zero-order valence-electron chi connectivity index (χ0n) is 19.2. The van der Waals surface area contributed by atoms with Crippen molar-refractivity contribution in [3.63, 3.8) is 0 Å².